The maximum absolute atomic E-state index is 12.7. The average Bonchev–Trinajstić information content (AvgIpc) is 2.40. The third-order valence-electron chi connectivity index (χ3n) is 3.79. The molecule has 0 spiro atoms. The number of aryl methyl sites for hydroxylation is 1. The van der Waals surface area contributed by atoms with Crippen LogP contribution in [0.2, 0.25) is 0 Å². The Morgan fingerprint density at radius 2 is 1.74 bits per heavy atom. The number of carbonyl (C=O) groups is 1. The van der Waals surface area contributed by atoms with E-state index >= 15 is 0 Å². The van der Waals surface area contributed by atoms with Crippen molar-refractivity contribution in [3.63, 3.8) is 0 Å². The van der Waals surface area contributed by atoms with Gasteiger partial charge in [0, 0.05) is 5.92 Å². The molecule has 0 saturated heterocycles. The molecule has 19 heavy (non-hydrogen) atoms. The number of methoxy groups -OCH3 is 1. The second-order valence-corrected chi connectivity index (χ2v) is 5.23. The van der Waals surface area contributed by atoms with Crippen LogP contribution in [0.1, 0.15) is 61.0 Å². The van der Waals surface area contributed by atoms with Crippen LogP contribution in [0.3, 0.4) is 0 Å². The first-order valence-corrected chi connectivity index (χ1v) is 7.25. The van der Waals surface area contributed by atoms with E-state index in [0.29, 0.717) is 0 Å². The number of Topliss-reactive ketones (excluding diaryl/α,β-unsaturated/α-hetero) is 1. The lowest BCUT2D eigenvalue weighted by molar-refractivity contribution is 0.0901. The predicted molar refractivity (Wildman–Crippen MR) is 80.1 cm³/mol. The molecular weight excluding hydrogens is 236 g/mol. The van der Waals surface area contributed by atoms with Crippen LogP contribution < -0.4 is 4.74 Å². The van der Waals surface area contributed by atoms with E-state index in [2.05, 4.69) is 13.8 Å². The highest BCUT2D eigenvalue weighted by Gasteiger charge is 2.22. The molecule has 0 atom stereocenters. The van der Waals surface area contributed by atoms with Gasteiger partial charge in [-0.15, -0.1) is 0 Å². The lowest BCUT2D eigenvalue weighted by atomic mass is 9.88. The molecule has 0 saturated carbocycles. The van der Waals surface area contributed by atoms with Crippen LogP contribution in [-0.4, -0.2) is 12.9 Å². The molecule has 0 aromatic heterocycles. The van der Waals surface area contributed by atoms with Crippen LogP contribution in [0.15, 0.2) is 12.1 Å². The molecule has 1 aromatic rings. The van der Waals surface area contributed by atoms with E-state index < -0.39 is 0 Å². The van der Waals surface area contributed by atoms with Gasteiger partial charge in [0.1, 0.15) is 5.75 Å². The van der Waals surface area contributed by atoms with E-state index in [1.807, 2.05) is 26.0 Å². The summed E-state index contributed by atoms with van der Waals surface area (Å²) in [6.07, 6.45) is 4.01. The van der Waals surface area contributed by atoms with Crippen molar-refractivity contribution in [2.24, 2.45) is 5.92 Å². The van der Waals surface area contributed by atoms with Crippen molar-refractivity contribution in [2.45, 2.75) is 53.4 Å². The molecule has 0 amide bonds. The van der Waals surface area contributed by atoms with Gasteiger partial charge in [0.05, 0.1) is 12.7 Å². The lowest BCUT2D eigenvalue weighted by Gasteiger charge is -2.18. The summed E-state index contributed by atoms with van der Waals surface area (Å²) in [6, 6.07) is 3.93. The molecule has 2 nitrogen and oxygen atoms in total. The summed E-state index contributed by atoms with van der Waals surface area (Å²) in [4.78, 5) is 12.7. The third kappa shape index (κ3) is 3.59. The Labute approximate surface area is 117 Å². The molecule has 0 radical (unpaired) electrons. The van der Waals surface area contributed by atoms with Gasteiger partial charge >= 0.3 is 0 Å². The number of hydrogen-bond donors (Lipinski definition) is 0. The van der Waals surface area contributed by atoms with Crippen molar-refractivity contribution in [2.75, 3.05) is 7.11 Å². The topological polar surface area (TPSA) is 26.3 Å². The van der Waals surface area contributed by atoms with Crippen LogP contribution in [-0.2, 0) is 0 Å². The Balaban J connectivity index is 3.13. The van der Waals surface area contributed by atoms with Gasteiger partial charge in [0.2, 0.25) is 0 Å². The minimum absolute atomic E-state index is 0.131. The second-order valence-electron chi connectivity index (χ2n) is 5.23. The van der Waals surface area contributed by atoms with Crippen molar-refractivity contribution >= 4 is 5.78 Å². The maximum atomic E-state index is 12.7. The quantitative estimate of drug-likeness (QED) is 0.665. The number of carbonyl (C=O) groups excluding carboxylic acids is 1. The van der Waals surface area contributed by atoms with Crippen molar-refractivity contribution < 1.29 is 9.53 Å². The molecule has 106 valence electrons. The summed E-state index contributed by atoms with van der Waals surface area (Å²) in [7, 11) is 1.65. The van der Waals surface area contributed by atoms with Gasteiger partial charge in [0.15, 0.2) is 5.78 Å². The van der Waals surface area contributed by atoms with E-state index in [1.54, 1.807) is 7.11 Å². The molecular formula is C17H26O2. The highest BCUT2D eigenvalue weighted by atomic mass is 16.5. The van der Waals surface area contributed by atoms with Gasteiger partial charge in [-0.05, 0) is 43.9 Å². The minimum atomic E-state index is 0.131. The Kier molecular flexibility index (Phi) is 6.07. The maximum Gasteiger partial charge on any atom is 0.169 e. The third-order valence-corrected chi connectivity index (χ3v) is 3.79. The summed E-state index contributed by atoms with van der Waals surface area (Å²) in [6.45, 7) is 8.32. The van der Waals surface area contributed by atoms with Crippen LogP contribution in [0.5, 0.6) is 5.75 Å². The summed E-state index contributed by atoms with van der Waals surface area (Å²) in [5.41, 5.74) is 2.98. The molecule has 0 fully saturated rings. The van der Waals surface area contributed by atoms with Crippen LogP contribution >= 0.6 is 0 Å². The summed E-state index contributed by atoms with van der Waals surface area (Å²) < 4.78 is 5.46. The fourth-order valence-electron chi connectivity index (χ4n) is 2.57. The molecule has 0 aliphatic heterocycles. The standard InChI is InChI=1S/C17H26O2/c1-6-8-14(9-7-2)16(18)15-11-10-12(3)13(4)17(15)19-5/h10-11,14H,6-9H2,1-5H3. The van der Waals surface area contributed by atoms with Crippen molar-refractivity contribution in [3.05, 3.63) is 28.8 Å². The monoisotopic (exact) mass is 262 g/mol. The Bertz CT molecular complexity index is 429. The Morgan fingerprint density at radius 1 is 1.16 bits per heavy atom. The van der Waals surface area contributed by atoms with E-state index in [0.717, 1.165) is 48.1 Å². The van der Waals surface area contributed by atoms with Gasteiger partial charge in [-0.2, -0.15) is 0 Å². The van der Waals surface area contributed by atoms with E-state index in [-0.39, 0.29) is 11.7 Å². The second kappa shape index (κ2) is 7.32. The molecule has 2 heteroatoms. The first-order chi connectivity index (χ1) is 9.06. The summed E-state index contributed by atoms with van der Waals surface area (Å²) in [5, 5.41) is 0. The Hall–Kier alpha value is -1.31. The van der Waals surface area contributed by atoms with E-state index in [1.165, 1.54) is 0 Å². The summed E-state index contributed by atoms with van der Waals surface area (Å²) >= 11 is 0. The van der Waals surface area contributed by atoms with Gasteiger partial charge in [-0.1, -0.05) is 32.8 Å². The van der Waals surface area contributed by atoms with Gasteiger partial charge < -0.3 is 4.74 Å². The zero-order chi connectivity index (χ0) is 14.4. The molecule has 1 rings (SSSR count). The Morgan fingerprint density at radius 3 is 2.21 bits per heavy atom. The van der Waals surface area contributed by atoms with Gasteiger partial charge in [-0.3, -0.25) is 4.79 Å². The zero-order valence-corrected chi connectivity index (χ0v) is 12.9. The predicted octanol–water partition coefficient (Wildman–Crippen LogP) is 4.71. The van der Waals surface area contributed by atoms with Crippen LogP contribution in [0.4, 0.5) is 0 Å². The fourth-order valence-corrected chi connectivity index (χ4v) is 2.57. The number of ketones is 1. The number of benzene rings is 1. The fraction of sp³-hybridized carbons (Fsp3) is 0.588. The lowest BCUT2D eigenvalue weighted by Crippen LogP contribution is -2.16. The van der Waals surface area contributed by atoms with Crippen molar-refractivity contribution in [1.29, 1.82) is 0 Å². The highest BCUT2D eigenvalue weighted by Crippen LogP contribution is 2.30. The van der Waals surface area contributed by atoms with Gasteiger partial charge in [0.25, 0.3) is 0 Å². The molecule has 0 aliphatic carbocycles. The number of ether oxygens (including phenoxy) is 1. The molecule has 0 aliphatic rings. The minimum Gasteiger partial charge on any atom is -0.496 e. The van der Waals surface area contributed by atoms with Crippen LogP contribution in [0.25, 0.3) is 0 Å². The first kappa shape index (κ1) is 15.7. The molecule has 1 aromatic carbocycles. The molecule has 0 N–H and O–H groups in total. The zero-order valence-electron chi connectivity index (χ0n) is 12.9. The average molecular weight is 262 g/mol. The summed E-state index contributed by atoms with van der Waals surface area (Å²) in [5.74, 6) is 1.12. The van der Waals surface area contributed by atoms with Crippen molar-refractivity contribution in [3.8, 4) is 5.75 Å². The van der Waals surface area contributed by atoms with Crippen LogP contribution in [0, 0.1) is 19.8 Å². The molecule has 0 bridgehead atoms. The number of rotatable bonds is 7. The number of hydrogen-bond acceptors (Lipinski definition) is 2. The van der Waals surface area contributed by atoms with E-state index in [9.17, 15) is 4.79 Å². The van der Waals surface area contributed by atoms with Gasteiger partial charge in [-0.25, -0.2) is 0 Å². The highest BCUT2D eigenvalue weighted by molar-refractivity contribution is 6.00. The SMILES string of the molecule is CCCC(CCC)C(=O)c1ccc(C)c(C)c1OC. The van der Waals surface area contributed by atoms with E-state index in [4.69, 9.17) is 4.74 Å². The first-order valence-electron chi connectivity index (χ1n) is 7.25. The molecule has 0 unspecified atom stereocenters. The normalized spacial score (nSPS) is 10.8. The largest absolute Gasteiger partial charge is 0.496 e. The van der Waals surface area contributed by atoms with Crippen molar-refractivity contribution in [1.82, 2.24) is 0 Å². The molecule has 0 heterocycles. The smallest absolute Gasteiger partial charge is 0.169 e.